The number of ether oxygens (including phenoxy) is 1. The van der Waals surface area contributed by atoms with Crippen molar-refractivity contribution in [2.24, 2.45) is 0 Å². The second kappa shape index (κ2) is 7.32. The van der Waals surface area contributed by atoms with Gasteiger partial charge in [-0.2, -0.15) is 13.2 Å². The molecular formula is C16H24F3NO3Si2. The zero-order chi connectivity index (χ0) is 19.6. The van der Waals surface area contributed by atoms with Crippen molar-refractivity contribution in [3.8, 4) is 0 Å². The summed E-state index contributed by atoms with van der Waals surface area (Å²) in [5.41, 5.74) is -0.0576. The molecule has 0 saturated heterocycles. The van der Waals surface area contributed by atoms with Crippen LogP contribution in [0.4, 0.5) is 13.2 Å². The predicted molar refractivity (Wildman–Crippen MR) is 95.6 cm³/mol. The number of rotatable bonds is 5. The molecule has 1 amide bonds. The van der Waals surface area contributed by atoms with Crippen LogP contribution in [-0.4, -0.2) is 45.4 Å². The van der Waals surface area contributed by atoms with Crippen LogP contribution in [0.5, 0.6) is 0 Å². The SMILES string of the molecule is C[Si](C)(C)N(C(=O)c1ccccc1C(=O)OCC(F)(F)F)[Si](C)(C)C. The molecule has 0 atom stereocenters. The molecule has 0 N–H and O–H groups in total. The third kappa shape index (κ3) is 6.00. The van der Waals surface area contributed by atoms with Crippen molar-refractivity contribution in [3.05, 3.63) is 35.4 Å². The summed E-state index contributed by atoms with van der Waals surface area (Å²) >= 11 is 0. The van der Waals surface area contributed by atoms with Crippen LogP contribution in [0.1, 0.15) is 20.7 Å². The Hall–Kier alpha value is -1.62. The molecule has 0 radical (unpaired) electrons. The van der Waals surface area contributed by atoms with E-state index in [0.29, 0.717) is 0 Å². The first kappa shape index (κ1) is 21.4. The summed E-state index contributed by atoms with van der Waals surface area (Å²) < 4.78 is 43.1. The Morgan fingerprint density at radius 3 is 1.80 bits per heavy atom. The molecule has 9 heteroatoms. The van der Waals surface area contributed by atoms with Crippen molar-refractivity contribution in [1.82, 2.24) is 4.23 Å². The Morgan fingerprint density at radius 2 is 1.40 bits per heavy atom. The van der Waals surface area contributed by atoms with Gasteiger partial charge in [0.1, 0.15) is 16.5 Å². The minimum atomic E-state index is -4.61. The van der Waals surface area contributed by atoms with E-state index in [1.165, 1.54) is 18.2 Å². The van der Waals surface area contributed by atoms with Crippen LogP contribution in [0.2, 0.25) is 39.3 Å². The molecule has 1 aromatic rings. The van der Waals surface area contributed by atoms with Gasteiger partial charge in [0.25, 0.3) is 0 Å². The van der Waals surface area contributed by atoms with E-state index in [9.17, 15) is 22.8 Å². The van der Waals surface area contributed by atoms with Gasteiger partial charge in [0, 0.05) is 0 Å². The van der Waals surface area contributed by atoms with Crippen LogP contribution < -0.4 is 0 Å². The first-order valence-electron chi connectivity index (χ1n) is 7.82. The van der Waals surface area contributed by atoms with Crippen LogP contribution >= 0.6 is 0 Å². The fourth-order valence-corrected chi connectivity index (χ4v) is 12.3. The Labute approximate surface area is 148 Å². The minimum Gasteiger partial charge on any atom is -0.452 e. The first-order valence-corrected chi connectivity index (χ1v) is 14.7. The summed E-state index contributed by atoms with van der Waals surface area (Å²) in [5, 5.41) is 0. The summed E-state index contributed by atoms with van der Waals surface area (Å²) in [6.07, 6.45) is -4.61. The van der Waals surface area contributed by atoms with Crippen LogP contribution in [-0.2, 0) is 4.74 Å². The van der Waals surface area contributed by atoms with E-state index in [1.54, 1.807) is 6.07 Å². The zero-order valence-corrected chi connectivity index (χ0v) is 17.3. The van der Waals surface area contributed by atoms with Gasteiger partial charge in [0.15, 0.2) is 6.61 Å². The van der Waals surface area contributed by atoms with Crippen LogP contribution in [0.15, 0.2) is 24.3 Å². The van der Waals surface area contributed by atoms with Crippen LogP contribution in [0.3, 0.4) is 0 Å². The van der Waals surface area contributed by atoms with Crippen molar-refractivity contribution in [2.45, 2.75) is 45.5 Å². The van der Waals surface area contributed by atoms with Gasteiger partial charge in [-0.15, -0.1) is 0 Å². The number of carbonyl (C=O) groups excluding carboxylic acids is 2. The van der Waals surface area contributed by atoms with Crippen molar-refractivity contribution < 1.29 is 27.5 Å². The second-order valence-electron chi connectivity index (χ2n) is 7.72. The largest absolute Gasteiger partial charge is 0.452 e. The smallest absolute Gasteiger partial charge is 0.422 e. The van der Waals surface area contributed by atoms with Gasteiger partial charge in [-0.1, -0.05) is 51.4 Å². The molecule has 0 bridgehead atoms. The summed E-state index contributed by atoms with van der Waals surface area (Å²) in [6.45, 7) is 10.4. The number of carbonyl (C=O) groups is 2. The maximum Gasteiger partial charge on any atom is 0.422 e. The lowest BCUT2D eigenvalue weighted by molar-refractivity contribution is -0.161. The minimum absolute atomic E-state index is 0.0829. The maximum atomic E-state index is 13.1. The second-order valence-corrected chi connectivity index (χ2v) is 17.7. The lowest BCUT2D eigenvalue weighted by Gasteiger charge is -2.44. The third-order valence-corrected chi connectivity index (χ3v) is 10.4. The van der Waals surface area contributed by atoms with E-state index in [1.807, 2.05) is 43.5 Å². The molecule has 1 rings (SSSR count). The van der Waals surface area contributed by atoms with Gasteiger partial charge < -0.3 is 8.97 Å². The Morgan fingerprint density at radius 1 is 0.960 bits per heavy atom. The highest BCUT2D eigenvalue weighted by molar-refractivity contribution is 6.92. The van der Waals surface area contributed by atoms with Gasteiger partial charge in [0.05, 0.1) is 11.1 Å². The van der Waals surface area contributed by atoms with E-state index in [4.69, 9.17) is 0 Å². The average Bonchev–Trinajstić information content (AvgIpc) is 2.40. The lowest BCUT2D eigenvalue weighted by Crippen LogP contribution is -2.61. The van der Waals surface area contributed by atoms with E-state index in [-0.39, 0.29) is 17.0 Å². The van der Waals surface area contributed by atoms with Crippen molar-refractivity contribution in [2.75, 3.05) is 6.61 Å². The zero-order valence-electron chi connectivity index (χ0n) is 15.3. The molecular weight excluding hydrogens is 367 g/mol. The fraction of sp³-hybridized carbons (Fsp3) is 0.500. The Bertz CT molecular complexity index is 635. The average molecular weight is 392 g/mol. The molecule has 0 aliphatic rings. The monoisotopic (exact) mass is 391 g/mol. The van der Waals surface area contributed by atoms with E-state index in [0.717, 1.165) is 0 Å². The van der Waals surface area contributed by atoms with Crippen molar-refractivity contribution >= 4 is 28.3 Å². The highest BCUT2D eigenvalue weighted by atomic mass is 28.4. The van der Waals surface area contributed by atoms with Crippen LogP contribution in [0, 0.1) is 0 Å². The summed E-state index contributed by atoms with van der Waals surface area (Å²) in [5.74, 6) is -1.47. The fourth-order valence-electron chi connectivity index (χ4n) is 2.81. The van der Waals surface area contributed by atoms with Gasteiger partial charge >= 0.3 is 12.1 Å². The molecule has 0 fully saturated rings. The molecule has 0 unspecified atom stereocenters. The van der Waals surface area contributed by atoms with E-state index < -0.39 is 35.2 Å². The van der Waals surface area contributed by atoms with E-state index in [2.05, 4.69) is 4.74 Å². The molecule has 25 heavy (non-hydrogen) atoms. The topological polar surface area (TPSA) is 46.6 Å². The predicted octanol–water partition coefficient (Wildman–Crippen LogP) is 4.52. The quantitative estimate of drug-likeness (QED) is 0.548. The number of halogens is 3. The number of hydrogen-bond donors (Lipinski definition) is 0. The Kier molecular flexibility index (Phi) is 6.28. The molecule has 0 aliphatic carbocycles. The maximum absolute atomic E-state index is 13.1. The highest BCUT2D eigenvalue weighted by Gasteiger charge is 2.39. The molecule has 4 nitrogen and oxygen atoms in total. The first-order chi connectivity index (χ1) is 11.1. The summed E-state index contributed by atoms with van der Waals surface area (Å²) in [6, 6.07) is 5.85. The number of esters is 1. The number of amides is 1. The molecule has 0 heterocycles. The van der Waals surface area contributed by atoms with Gasteiger partial charge in [-0.05, 0) is 12.1 Å². The number of benzene rings is 1. The normalized spacial score (nSPS) is 12.7. The van der Waals surface area contributed by atoms with Gasteiger partial charge in [0.2, 0.25) is 5.91 Å². The van der Waals surface area contributed by atoms with Gasteiger partial charge in [-0.3, -0.25) is 4.79 Å². The lowest BCUT2D eigenvalue weighted by atomic mass is 10.1. The molecule has 0 aromatic heterocycles. The highest BCUT2D eigenvalue weighted by Crippen LogP contribution is 2.25. The van der Waals surface area contributed by atoms with E-state index >= 15 is 0 Å². The van der Waals surface area contributed by atoms with Crippen molar-refractivity contribution in [3.63, 3.8) is 0 Å². The molecule has 1 aromatic carbocycles. The summed E-state index contributed by atoms with van der Waals surface area (Å²) in [4.78, 5) is 25.2. The molecule has 0 aliphatic heterocycles. The number of hydrogen-bond acceptors (Lipinski definition) is 3. The number of nitrogens with zero attached hydrogens (tertiary/aromatic N) is 1. The standard InChI is InChI=1S/C16H24F3NO3Si2/c1-24(2,3)20(25(4,5)6)14(21)12-9-7-8-10-13(12)15(22)23-11-16(17,18)19/h7-10H,11H2,1-6H3. The molecule has 0 saturated carbocycles. The Balaban J connectivity index is 3.26. The molecule has 0 spiro atoms. The third-order valence-electron chi connectivity index (χ3n) is 3.29. The van der Waals surface area contributed by atoms with Crippen LogP contribution in [0.25, 0.3) is 0 Å². The number of alkyl halides is 3. The van der Waals surface area contributed by atoms with Crippen molar-refractivity contribution in [1.29, 1.82) is 0 Å². The van der Waals surface area contributed by atoms with Gasteiger partial charge in [-0.25, -0.2) is 4.79 Å². The molecule has 140 valence electrons. The summed E-state index contributed by atoms with van der Waals surface area (Å²) in [7, 11) is -4.12.